The smallest absolute Gasteiger partial charge is 0.346 e. The van der Waals surface area contributed by atoms with Gasteiger partial charge in [-0.1, -0.05) is 12.1 Å². The number of amides is 1. The van der Waals surface area contributed by atoms with Crippen molar-refractivity contribution < 1.29 is 18.0 Å². The molecule has 0 radical (unpaired) electrons. The number of hydrogen-bond donors (Lipinski definition) is 1. The number of thiazole rings is 1. The molecule has 3 nitrogen and oxygen atoms in total. The molecule has 1 amide bonds. The summed E-state index contributed by atoms with van der Waals surface area (Å²) in [4.78, 5) is 15.6. The number of fused-ring (bicyclic) bond motifs is 1. The van der Waals surface area contributed by atoms with Crippen molar-refractivity contribution >= 4 is 39.2 Å². The zero-order chi connectivity index (χ0) is 14.6. The maximum Gasteiger partial charge on any atom is 0.405 e. The molecule has 0 unspecified atom stereocenters. The molecular weight excluding hydrogens is 309 g/mol. The van der Waals surface area contributed by atoms with Gasteiger partial charge in [-0.2, -0.15) is 13.2 Å². The Kier molecular flexibility index (Phi) is 4.87. The molecule has 2 aromatic rings. The largest absolute Gasteiger partial charge is 0.405 e. The Morgan fingerprint density at radius 1 is 1.35 bits per heavy atom. The SMILES string of the molecule is O=C(CSCc1nc2ccccc2s1)NCC(F)(F)F. The number of hydrogen-bond acceptors (Lipinski definition) is 4. The molecule has 20 heavy (non-hydrogen) atoms. The molecule has 0 fully saturated rings. The Bertz CT molecular complexity index is 565. The Balaban J connectivity index is 1.76. The number of para-hydroxylation sites is 1. The predicted octanol–water partition coefficient (Wildman–Crippen LogP) is 3.21. The zero-order valence-corrected chi connectivity index (χ0v) is 11.9. The minimum atomic E-state index is -4.37. The second-order valence-corrected chi connectivity index (χ2v) is 6.06. The highest BCUT2D eigenvalue weighted by Crippen LogP contribution is 2.24. The number of alkyl halides is 3. The number of nitrogens with zero attached hydrogens (tertiary/aromatic N) is 1. The number of carbonyl (C=O) groups is 1. The van der Waals surface area contributed by atoms with E-state index >= 15 is 0 Å². The summed E-state index contributed by atoms with van der Waals surface area (Å²) < 4.78 is 36.7. The number of benzene rings is 1. The van der Waals surface area contributed by atoms with Crippen LogP contribution >= 0.6 is 23.1 Å². The fourth-order valence-corrected chi connectivity index (χ4v) is 3.34. The summed E-state index contributed by atoms with van der Waals surface area (Å²) in [5.41, 5.74) is 0.898. The molecule has 0 bridgehead atoms. The van der Waals surface area contributed by atoms with E-state index in [1.165, 1.54) is 23.1 Å². The van der Waals surface area contributed by atoms with Gasteiger partial charge in [0.15, 0.2) is 0 Å². The fraction of sp³-hybridized carbons (Fsp3) is 0.333. The van der Waals surface area contributed by atoms with Crippen LogP contribution in [0.2, 0.25) is 0 Å². The third kappa shape index (κ3) is 4.68. The summed E-state index contributed by atoms with van der Waals surface area (Å²) in [6.07, 6.45) is -4.37. The van der Waals surface area contributed by atoms with Gasteiger partial charge in [0, 0.05) is 5.75 Å². The van der Waals surface area contributed by atoms with Crippen molar-refractivity contribution in [1.29, 1.82) is 0 Å². The second kappa shape index (κ2) is 6.45. The first-order valence-corrected chi connectivity index (χ1v) is 7.67. The Hall–Kier alpha value is -1.28. The first-order chi connectivity index (χ1) is 9.44. The van der Waals surface area contributed by atoms with E-state index in [0.717, 1.165) is 15.2 Å². The molecule has 0 aliphatic heterocycles. The fourth-order valence-electron chi connectivity index (χ4n) is 1.46. The van der Waals surface area contributed by atoms with E-state index in [-0.39, 0.29) is 5.75 Å². The lowest BCUT2D eigenvalue weighted by Gasteiger charge is -2.07. The van der Waals surface area contributed by atoms with E-state index in [9.17, 15) is 18.0 Å². The second-order valence-electron chi connectivity index (χ2n) is 3.96. The number of halogens is 3. The van der Waals surface area contributed by atoms with E-state index in [1.54, 1.807) is 0 Å². The van der Waals surface area contributed by atoms with Crippen molar-refractivity contribution in [1.82, 2.24) is 10.3 Å². The van der Waals surface area contributed by atoms with Gasteiger partial charge in [0.2, 0.25) is 5.91 Å². The molecule has 0 aliphatic carbocycles. The minimum Gasteiger partial charge on any atom is -0.346 e. The van der Waals surface area contributed by atoms with Crippen molar-refractivity contribution in [3.63, 3.8) is 0 Å². The highest BCUT2D eigenvalue weighted by molar-refractivity contribution is 7.99. The van der Waals surface area contributed by atoms with Crippen LogP contribution in [-0.2, 0) is 10.5 Å². The molecule has 0 atom stereocenters. The molecule has 0 spiro atoms. The summed E-state index contributed by atoms with van der Waals surface area (Å²) in [5.74, 6) is -0.112. The third-order valence-electron chi connectivity index (χ3n) is 2.28. The number of rotatable bonds is 5. The molecule has 1 N–H and O–H groups in total. The van der Waals surface area contributed by atoms with E-state index in [0.29, 0.717) is 5.75 Å². The normalized spacial score (nSPS) is 11.8. The maximum atomic E-state index is 11.9. The predicted molar refractivity (Wildman–Crippen MR) is 74.8 cm³/mol. The maximum absolute atomic E-state index is 11.9. The van der Waals surface area contributed by atoms with Gasteiger partial charge in [-0.05, 0) is 12.1 Å². The van der Waals surface area contributed by atoms with Crippen LogP contribution in [0.4, 0.5) is 13.2 Å². The molecule has 1 aromatic heterocycles. The zero-order valence-electron chi connectivity index (χ0n) is 10.2. The number of nitrogens with one attached hydrogen (secondary N) is 1. The van der Waals surface area contributed by atoms with E-state index in [2.05, 4.69) is 4.98 Å². The summed E-state index contributed by atoms with van der Waals surface area (Å²) in [7, 11) is 0. The van der Waals surface area contributed by atoms with Crippen LogP contribution in [0.5, 0.6) is 0 Å². The standard InChI is InChI=1S/C12H11F3N2OS2/c13-12(14,15)7-16-10(18)5-19-6-11-17-8-3-1-2-4-9(8)20-11/h1-4H,5-7H2,(H,16,18). The van der Waals surface area contributed by atoms with Crippen LogP contribution in [0.1, 0.15) is 5.01 Å². The van der Waals surface area contributed by atoms with Gasteiger partial charge in [0.05, 0.1) is 16.0 Å². The van der Waals surface area contributed by atoms with Gasteiger partial charge in [-0.3, -0.25) is 4.79 Å². The Morgan fingerprint density at radius 2 is 2.10 bits per heavy atom. The van der Waals surface area contributed by atoms with Crippen molar-refractivity contribution in [2.45, 2.75) is 11.9 Å². The monoisotopic (exact) mass is 320 g/mol. The van der Waals surface area contributed by atoms with Crippen molar-refractivity contribution in [2.75, 3.05) is 12.3 Å². The summed E-state index contributed by atoms with van der Waals surface area (Å²) in [6.45, 7) is -1.28. The highest BCUT2D eigenvalue weighted by Gasteiger charge is 2.27. The average molecular weight is 320 g/mol. The van der Waals surface area contributed by atoms with Gasteiger partial charge in [-0.15, -0.1) is 23.1 Å². The van der Waals surface area contributed by atoms with Crippen LogP contribution in [-0.4, -0.2) is 29.4 Å². The van der Waals surface area contributed by atoms with Crippen LogP contribution in [0, 0.1) is 0 Å². The van der Waals surface area contributed by atoms with Gasteiger partial charge < -0.3 is 5.32 Å². The Labute approximate surface area is 121 Å². The van der Waals surface area contributed by atoms with Crippen LogP contribution in [0.15, 0.2) is 24.3 Å². The van der Waals surface area contributed by atoms with Crippen molar-refractivity contribution in [2.24, 2.45) is 0 Å². The molecule has 8 heteroatoms. The number of carbonyl (C=O) groups excluding carboxylic acids is 1. The van der Waals surface area contributed by atoms with Crippen LogP contribution in [0.25, 0.3) is 10.2 Å². The minimum absolute atomic E-state index is 0.00793. The molecular formula is C12H11F3N2OS2. The van der Waals surface area contributed by atoms with Crippen molar-refractivity contribution in [3.8, 4) is 0 Å². The van der Waals surface area contributed by atoms with E-state index in [1.807, 2.05) is 29.6 Å². The molecule has 1 heterocycles. The van der Waals surface area contributed by atoms with Gasteiger partial charge in [-0.25, -0.2) is 4.98 Å². The third-order valence-corrected chi connectivity index (χ3v) is 4.45. The van der Waals surface area contributed by atoms with Crippen LogP contribution in [0.3, 0.4) is 0 Å². The lowest BCUT2D eigenvalue weighted by molar-refractivity contribution is -0.136. The number of thioether (sulfide) groups is 1. The van der Waals surface area contributed by atoms with Gasteiger partial charge >= 0.3 is 6.18 Å². The Morgan fingerprint density at radius 3 is 2.80 bits per heavy atom. The molecule has 108 valence electrons. The van der Waals surface area contributed by atoms with E-state index in [4.69, 9.17) is 0 Å². The summed E-state index contributed by atoms with van der Waals surface area (Å²) >= 11 is 2.77. The van der Waals surface area contributed by atoms with E-state index < -0.39 is 18.6 Å². The summed E-state index contributed by atoms with van der Waals surface area (Å²) in [5, 5.41) is 2.69. The topological polar surface area (TPSA) is 42.0 Å². The van der Waals surface area contributed by atoms with Crippen LogP contribution < -0.4 is 5.32 Å². The molecule has 2 rings (SSSR count). The first kappa shape index (κ1) is 15.1. The molecule has 0 saturated heterocycles. The molecule has 1 aromatic carbocycles. The lowest BCUT2D eigenvalue weighted by Crippen LogP contribution is -2.34. The summed E-state index contributed by atoms with van der Waals surface area (Å²) in [6, 6.07) is 7.67. The molecule has 0 aliphatic rings. The first-order valence-electron chi connectivity index (χ1n) is 5.70. The van der Waals surface area contributed by atoms with Gasteiger partial charge in [0.25, 0.3) is 0 Å². The quantitative estimate of drug-likeness (QED) is 0.920. The lowest BCUT2D eigenvalue weighted by atomic mass is 10.3. The molecule has 0 saturated carbocycles. The highest BCUT2D eigenvalue weighted by atomic mass is 32.2. The van der Waals surface area contributed by atoms with Gasteiger partial charge in [0.1, 0.15) is 11.6 Å². The number of aromatic nitrogens is 1. The average Bonchev–Trinajstić information content (AvgIpc) is 2.78. The van der Waals surface area contributed by atoms with Crippen molar-refractivity contribution in [3.05, 3.63) is 29.3 Å².